The summed E-state index contributed by atoms with van der Waals surface area (Å²) in [7, 11) is 0. The van der Waals surface area contributed by atoms with Gasteiger partial charge in [0.15, 0.2) is 0 Å². The molecule has 0 radical (unpaired) electrons. The number of H-pyrrole nitrogens is 1. The molecule has 5 rings (SSSR count). The molecule has 0 unspecified atom stereocenters. The minimum atomic E-state index is 0.811. The van der Waals surface area contributed by atoms with E-state index in [1.807, 2.05) is 24.3 Å². The van der Waals surface area contributed by atoms with Crippen molar-refractivity contribution in [1.82, 2.24) is 25.4 Å². The molecule has 0 spiro atoms. The Labute approximate surface area is 116 Å². The Kier molecular flexibility index (Phi) is 1.78. The van der Waals surface area contributed by atoms with Gasteiger partial charge >= 0.3 is 0 Å². The Morgan fingerprint density at radius 1 is 0.850 bits per heavy atom. The Bertz CT molecular complexity index is 1110. The molecule has 3 heterocycles. The van der Waals surface area contributed by atoms with Crippen LogP contribution >= 0.6 is 11.3 Å². The molecule has 1 N–H and O–H groups in total. The van der Waals surface area contributed by atoms with Crippen molar-refractivity contribution in [2.75, 3.05) is 0 Å². The summed E-state index contributed by atoms with van der Waals surface area (Å²) < 4.78 is 1.21. The third kappa shape index (κ3) is 1.26. The van der Waals surface area contributed by atoms with Crippen LogP contribution in [-0.2, 0) is 0 Å². The summed E-state index contributed by atoms with van der Waals surface area (Å²) in [5.74, 6) is 0. The van der Waals surface area contributed by atoms with Crippen LogP contribution in [0, 0.1) is 0 Å². The molecule has 3 aromatic heterocycles. The topological polar surface area (TPSA) is 67.3 Å². The minimum Gasteiger partial charge on any atom is -0.243 e. The molecule has 0 saturated heterocycles. The summed E-state index contributed by atoms with van der Waals surface area (Å²) in [6.07, 6.45) is 0. The van der Waals surface area contributed by atoms with E-state index in [1.165, 1.54) is 4.70 Å². The highest BCUT2D eigenvalue weighted by molar-refractivity contribution is 7.25. The fraction of sp³-hybridized carbons (Fsp3) is 0. The fourth-order valence-electron chi connectivity index (χ4n) is 2.48. The Balaban J connectivity index is 2.02. The zero-order valence-electron chi connectivity index (χ0n) is 10.2. The fourth-order valence-corrected chi connectivity index (χ4v) is 3.50. The highest BCUT2D eigenvalue weighted by Crippen LogP contribution is 2.32. The molecule has 0 fully saturated rings. The van der Waals surface area contributed by atoms with Crippen LogP contribution in [0.5, 0.6) is 0 Å². The van der Waals surface area contributed by atoms with Crippen LogP contribution in [0.1, 0.15) is 0 Å². The second-order valence-electron chi connectivity index (χ2n) is 4.63. The SMILES string of the molecule is c1ccc2c(c1)sc1nc3cc4n[nH]nc4cc3nc12. The highest BCUT2D eigenvalue weighted by Gasteiger charge is 2.10. The monoisotopic (exact) mass is 277 g/mol. The number of nitrogens with one attached hydrogen (secondary N) is 1. The van der Waals surface area contributed by atoms with Crippen molar-refractivity contribution in [3.63, 3.8) is 0 Å². The first-order valence-electron chi connectivity index (χ1n) is 6.18. The molecule has 0 bridgehead atoms. The lowest BCUT2D eigenvalue weighted by Gasteiger charge is -1.97. The smallest absolute Gasteiger partial charge is 0.143 e. The molecular formula is C14H7N5S. The van der Waals surface area contributed by atoms with E-state index in [9.17, 15) is 0 Å². The van der Waals surface area contributed by atoms with Crippen LogP contribution in [0.15, 0.2) is 36.4 Å². The van der Waals surface area contributed by atoms with E-state index < -0.39 is 0 Å². The molecule has 2 aromatic carbocycles. The van der Waals surface area contributed by atoms with E-state index in [0.29, 0.717) is 0 Å². The molecule has 6 heteroatoms. The van der Waals surface area contributed by atoms with Gasteiger partial charge < -0.3 is 0 Å². The number of hydrogen-bond acceptors (Lipinski definition) is 5. The van der Waals surface area contributed by atoms with Gasteiger partial charge in [0.1, 0.15) is 21.4 Å². The number of fused-ring (bicyclic) bond motifs is 5. The predicted molar refractivity (Wildman–Crippen MR) is 79.9 cm³/mol. The van der Waals surface area contributed by atoms with Gasteiger partial charge in [-0.2, -0.15) is 15.4 Å². The number of benzene rings is 2. The van der Waals surface area contributed by atoms with E-state index in [0.717, 1.165) is 37.8 Å². The number of aromatic nitrogens is 5. The summed E-state index contributed by atoms with van der Waals surface area (Å²) in [5.41, 5.74) is 4.28. The summed E-state index contributed by atoms with van der Waals surface area (Å²) in [6, 6.07) is 12.1. The van der Waals surface area contributed by atoms with E-state index in [-0.39, 0.29) is 0 Å². The molecule has 0 atom stereocenters. The molecule has 0 aliphatic heterocycles. The zero-order chi connectivity index (χ0) is 13.1. The van der Waals surface area contributed by atoms with Crippen LogP contribution in [0.25, 0.3) is 42.5 Å². The molecule has 0 aliphatic carbocycles. The van der Waals surface area contributed by atoms with Gasteiger partial charge in [-0.1, -0.05) is 18.2 Å². The summed E-state index contributed by atoms with van der Waals surface area (Å²) in [5, 5.41) is 12.0. The summed E-state index contributed by atoms with van der Waals surface area (Å²) in [4.78, 5) is 10.4. The van der Waals surface area contributed by atoms with Crippen molar-refractivity contribution in [2.45, 2.75) is 0 Å². The molecular weight excluding hydrogens is 270 g/mol. The molecule has 20 heavy (non-hydrogen) atoms. The number of nitrogens with zero attached hydrogens (tertiary/aromatic N) is 4. The average molecular weight is 277 g/mol. The van der Waals surface area contributed by atoms with Gasteiger partial charge in [0.2, 0.25) is 0 Å². The molecule has 0 saturated carbocycles. The Morgan fingerprint density at radius 3 is 2.45 bits per heavy atom. The first-order chi connectivity index (χ1) is 9.88. The van der Waals surface area contributed by atoms with Gasteiger partial charge in [-0.25, -0.2) is 9.97 Å². The van der Waals surface area contributed by atoms with Crippen molar-refractivity contribution in [3.8, 4) is 0 Å². The number of hydrogen-bond donors (Lipinski definition) is 1. The minimum absolute atomic E-state index is 0.811. The lowest BCUT2D eigenvalue weighted by atomic mass is 10.2. The van der Waals surface area contributed by atoms with E-state index >= 15 is 0 Å². The maximum atomic E-state index is 4.76. The van der Waals surface area contributed by atoms with Crippen LogP contribution in [-0.4, -0.2) is 25.4 Å². The van der Waals surface area contributed by atoms with Gasteiger partial charge in [0.05, 0.1) is 11.0 Å². The average Bonchev–Trinajstić information content (AvgIpc) is 3.05. The molecule has 94 valence electrons. The standard InChI is InChI=1S/C14H7N5S/c1-2-4-12-7(3-1)13-14(20-12)16-9-6-11-10(17-19-18-11)5-8(9)15-13/h1-6H,(H,17,18,19). The lowest BCUT2D eigenvalue weighted by molar-refractivity contribution is 0.959. The second-order valence-corrected chi connectivity index (χ2v) is 5.66. The maximum Gasteiger partial charge on any atom is 0.143 e. The molecule has 5 aromatic rings. The highest BCUT2D eigenvalue weighted by atomic mass is 32.1. The van der Waals surface area contributed by atoms with Crippen molar-refractivity contribution in [2.24, 2.45) is 0 Å². The Hall–Kier alpha value is -2.60. The van der Waals surface area contributed by atoms with Crippen LogP contribution < -0.4 is 0 Å². The number of thiophene rings is 1. The summed E-state index contributed by atoms with van der Waals surface area (Å²) in [6.45, 7) is 0. The molecule has 5 nitrogen and oxygen atoms in total. The van der Waals surface area contributed by atoms with Gasteiger partial charge in [-0.05, 0) is 18.2 Å². The van der Waals surface area contributed by atoms with Gasteiger partial charge in [-0.3, -0.25) is 0 Å². The van der Waals surface area contributed by atoms with Crippen molar-refractivity contribution < 1.29 is 0 Å². The van der Waals surface area contributed by atoms with Gasteiger partial charge in [0, 0.05) is 10.1 Å². The first kappa shape index (κ1) is 10.2. The van der Waals surface area contributed by atoms with E-state index in [2.05, 4.69) is 27.5 Å². The number of rotatable bonds is 0. The van der Waals surface area contributed by atoms with Crippen LogP contribution in [0.2, 0.25) is 0 Å². The second kappa shape index (κ2) is 3.49. The van der Waals surface area contributed by atoms with Crippen LogP contribution in [0.3, 0.4) is 0 Å². The quantitative estimate of drug-likeness (QED) is 0.471. The Morgan fingerprint density at radius 2 is 1.60 bits per heavy atom. The van der Waals surface area contributed by atoms with Gasteiger partial charge in [0.25, 0.3) is 0 Å². The maximum absolute atomic E-state index is 4.76. The third-order valence-electron chi connectivity index (χ3n) is 3.42. The van der Waals surface area contributed by atoms with Gasteiger partial charge in [-0.15, -0.1) is 11.3 Å². The zero-order valence-corrected chi connectivity index (χ0v) is 11.0. The van der Waals surface area contributed by atoms with Crippen molar-refractivity contribution in [3.05, 3.63) is 36.4 Å². The van der Waals surface area contributed by atoms with E-state index in [4.69, 9.17) is 9.97 Å². The molecule has 0 aliphatic rings. The normalized spacial score (nSPS) is 12.0. The van der Waals surface area contributed by atoms with Crippen molar-refractivity contribution >= 4 is 53.8 Å². The first-order valence-corrected chi connectivity index (χ1v) is 7.00. The lowest BCUT2D eigenvalue weighted by Crippen LogP contribution is -1.84. The predicted octanol–water partition coefficient (Wildman–Crippen LogP) is 3.27. The number of aromatic amines is 1. The largest absolute Gasteiger partial charge is 0.243 e. The van der Waals surface area contributed by atoms with Crippen molar-refractivity contribution in [1.29, 1.82) is 0 Å². The van der Waals surface area contributed by atoms with E-state index in [1.54, 1.807) is 11.3 Å². The summed E-state index contributed by atoms with van der Waals surface area (Å²) >= 11 is 1.67. The molecule has 0 amide bonds. The van der Waals surface area contributed by atoms with Crippen LogP contribution in [0.4, 0.5) is 0 Å². The third-order valence-corrected chi connectivity index (χ3v) is 4.47.